The first kappa shape index (κ1) is 24.7. The average molecular weight is 504 g/mol. The Morgan fingerprint density at radius 2 is 2.04 bits per heavy atom. The zero-order valence-electron chi connectivity index (χ0n) is 18.0. The molecular weight excluding hydrogens is 467 g/mol. The molecule has 0 aromatic carbocycles. The molecule has 0 aliphatic heterocycles. The maximum absolute atomic E-state index is 11.8. The molecule has 1 heterocycles. The number of aliphatic imine (C=N–C) groups is 1. The van der Waals surface area contributed by atoms with E-state index in [1.54, 1.807) is 0 Å². The molecule has 0 saturated heterocycles. The third-order valence-corrected chi connectivity index (χ3v) is 5.28. The van der Waals surface area contributed by atoms with E-state index >= 15 is 0 Å². The van der Waals surface area contributed by atoms with Crippen molar-refractivity contribution in [2.75, 3.05) is 19.6 Å². The van der Waals surface area contributed by atoms with Crippen molar-refractivity contribution < 1.29 is 4.79 Å². The van der Waals surface area contributed by atoms with E-state index in [2.05, 4.69) is 53.7 Å². The summed E-state index contributed by atoms with van der Waals surface area (Å²) in [7, 11) is 1.99. The van der Waals surface area contributed by atoms with Gasteiger partial charge in [-0.05, 0) is 58.9 Å². The summed E-state index contributed by atoms with van der Waals surface area (Å²) in [5.74, 6) is 1.30. The van der Waals surface area contributed by atoms with Crippen molar-refractivity contribution in [1.82, 2.24) is 25.7 Å². The van der Waals surface area contributed by atoms with E-state index in [1.807, 2.05) is 11.7 Å². The van der Waals surface area contributed by atoms with E-state index in [0.717, 1.165) is 43.9 Å². The van der Waals surface area contributed by atoms with Gasteiger partial charge >= 0.3 is 0 Å². The van der Waals surface area contributed by atoms with Gasteiger partial charge in [-0.1, -0.05) is 6.42 Å². The molecule has 28 heavy (non-hydrogen) atoms. The number of aryl methyl sites for hydroxylation is 2. The van der Waals surface area contributed by atoms with Gasteiger partial charge in [0, 0.05) is 44.3 Å². The van der Waals surface area contributed by atoms with Gasteiger partial charge in [-0.15, -0.1) is 24.0 Å². The van der Waals surface area contributed by atoms with Crippen molar-refractivity contribution in [3.05, 3.63) is 17.0 Å². The quantitative estimate of drug-likeness (QED) is 0.209. The zero-order valence-corrected chi connectivity index (χ0v) is 20.3. The highest BCUT2D eigenvalue weighted by Crippen LogP contribution is 2.26. The van der Waals surface area contributed by atoms with Crippen LogP contribution in [0, 0.1) is 19.8 Å². The summed E-state index contributed by atoms with van der Waals surface area (Å²) in [6.45, 7) is 10.6. The Morgan fingerprint density at radius 3 is 2.57 bits per heavy atom. The number of amides is 1. The monoisotopic (exact) mass is 504 g/mol. The molecule has 1 unspecified atom stereocenters. The number of nitrogens with one attached hydrogen (secondary N) is 3. The fraction of sp³-hybridized carbons (Fsp3) is 0.750. The molecule has 7 nitrogen and oxygen atoms in total. The largest absolute Gasteiger partial charge is 0.357 e. The van der Waals surface area contributed by atoms with Crippen molar-refractivity contribution in [1.29, 1.82) is 0 Å². The molecule has 160 valence electrons. The summed E-state index contributed by atoms with van der Waals surface area (Å²) in [6.07, 6.45) is 5.05. The van der Waals surface area contributed by atoms with Crippen molar-refractivity contribution >= 4 is 35.8 Å². The number of rotatable bonds is 9. The van der Waals surface area contributed by atoms with E-state index in [9.17, 15) is 4.79 Å². The second-order valence-corrected chi connectivity index (χ2v) is 7.56. The van der Waals surface area contributed by atoms with E-state index in [1.165, 1.54) is 17.7 Å². The van der Waals surface area contributed by atoms with Gasteiger partial charge in [-0.25, -0.2) is 0 Å². The summed E-state index contributed by atoms with van der Waals surface area (Å²) in [4.78, 5) is 16.5. The van der Waals surface area contributed by atoms with Gasteiger partial charge in [0.15, 0.2) is 5.96 Å². The highest BCUT2D eigenvalue weighted by atomic mass is 127. The maximum Gasteiger partial charge on any atom is 0.223 e. The molecule has 1 aliphatic carbocycles. The zero-order chi connectivity index (χ0) is 19.8. The highest BCUT2D eigenvalue weighted by Gasteiger charge is 2.24. The van der Waals surface area contributed by atoms with Crippen LogP contribution in [-0.4, -0.2) is 47.3 Å². The van der Waals surface area contributed by atoms with Crippen molar-refractivity contribution in [3.8, 4) is 0 Å². The Bertz CT molecular complexity index is 653. The van der Waals surface area contributed by atoms with Gasteiger partial charge in [-0.2, -0.15) is 5.10 Å². The molecule has 1 saturated carbocycles. The molecule has 0 bridgehead atoms. The van der Waals surface area contributed by atoms with Gasteiger partial charge < -0.3 is 16.0 Å². The maximum atomic E-state index is 11.8. The van der Waals surface area contributed by atoms with Crippen LogP contribution in [-0.2, 0) is 18.3 Å². The average Bonchev–Trinajstić information content (AvgIpc) is 2.79. The first-order valence-corrected chi connectivity index (χ1v) is 10.2. The third-order valence-electron chi connectivity index (χ3n) is 5.28. The number of halogens is 1. The standard InChI is InChI=1S/C20H36N6O.HI/c1-6-21-20(23-12-8-11-22-19(27)17-9-7-10-17)24-14(2)13-18-15(3)25-26(5)16(18)4;/h14,17H,6-13H2,1-5H3,(H,22,27)(H2,21,23,24);1H. The Morgan fingerprint density at radius 1 is 1.32 bits per heavy atom. The lowest BCUT2D eigenvalue weighted by Gasteiger charge is -2.23. The second kappa shape index (κ2) is 12.3. The van der Waals surface area contributed by atoms with Gasteiger partial charge in [0.1, 0.15) is 0 Å². The topological polar surface area (TPSA) is 83.3 Å². The van der Waals surface area contributed by atoms with Gasteiger partial charge in [0.05, 0.1) is 5.69 Å². The molecule has 0 radical (unpaired) electrons. The predicted octanol–water partition coefficient (Wildman–Crippen LogP) is 2.45. The molecule has 2 rings (SSSR count). The third kappa shape index (κ3) is 7.25. The van der Waals surface area contributed by atoms with Crippen LogP contribution < -0.4 is 16.0 Å². The van der Waals surface area contributed by atoms with E-state index < -0.39 is 0 Å². The lowest BCUT2D eigenvalue weighted by Crippen LogP contribution is -2.43. The summed E-state index contributed by atoms with van der Waals surface area (Å²) in [6, 6.07) is 0.253. The molecule has 0 spiro atoms. The number of carbonyl (C=O) groups excluding carboxylic acids is 1. The number of hydrogen-bond donors (Lipinski definition) is 3. The van der Waals surface area contributed by atoms with E-state index in [4.69, 9.17) is 0 Å². The van der Waals surface area contributed by atoms with Crippen LogP contribution in [0.3, 0.4) is 0 Å². The summed E-state index contributed by atoms with van der Waals surface area (Å²) in [5, 5.41) is 14.3. The lowest BCUT2D eigenvalue weighted by molar-refractivity contribution is -0.127. The van der Waals surface area contributed by atoms with Crippen LogP contribution in [0.4, 0.5) is 0 Å². The van der Waals surface area contributed by atoms with Crippen LogP contribution in [0.5, 0.6) is 0 Å². The van der Waals surface area contributed by atoms with Crippen LogP contribution in [0.1, 0.15) is 56.5 Å². The smallest absolute Gasteiger partial charge is 0.223 e. The number of hydrogen-bond acceptors (Lipinski definition) is 3. The molecular formula is C20H37IN6O. The molecule has 1 aliphatic rings. The Hall–Kier alpha value is -1.32. The number of nitrogens with zero attached hydrogens (tertiary/aromatic N) is 3. The van der Waals surface area contributed by atoms with Crippen LogP contribution in [0.15, 0.2) is 4.99 Å². The van der Waals surface area contributed by atoms with Crippen molar-refractivity contribution in [3.63, 3.8) is 0 Å². The van der Waals surface area contributed by atoms with Gasteiger partial charge in [0.2, 0.25) is 5.91 Å². The Kier molecular flexibility index (Phi) is 10.8. The van der Waals surface area contributed by atoms with Crippen molar-refractivity contribution in [2.24, 2.45) is 18.0 Å². The molecule has 1 aromatic rings. The van der Waals surface area contributed by atoms with Gasteiger partial charge in [0.25, 0.3) is 0 Å². The summed E-state index contributed by atoms with van der Waals surface area (Å²) >= 11 is 0. The molecule has 1 amide bonds. The highest BCUT2D eigenvalue weighted by molar-refractivity contribution is 14.0. The first-order valence-electron chi connectivity index (χ1n) is 10.2. The lowest BCUT2D eigenvalue weighted by atomic mass is 9.85. The van der Waals surface area contributed by atoms with E-state index in [-0.39, 0.29) is 41.8 Å². The van der Waals surface area contributed by atoms with Gasteiger partial charge in [-0.3, -0.25) is 14.5 Å². The minimum absolute atomic E-state index is 0. The normalized spacial score (nSPS) is 15.4. The van der Waals surface area contributed by atoms with Crippen LogP contribution >= 0.6 is 24.0 Å². The molecule has 8 heteroatoms. The first-order chi connectivity index (χ1) is 12.9. The fourth-order valence-corrected chi connectivity index (χ4v) is 3.32. The number of guanidine groups is 1. The number of carbonyl (C=O) groups is 1. The van der Waals surface area contributed by atoms with Crippen LogP contribution in [0.2, 0.25) is 0 Å². The van der Waals surface area contributed by atoms with E-state index in [0.29, 0.717) is 13.1 Å². The Labute approximate surface area is 186 Å². The Balaban J connectivity index is 0.00000392. The fourth-order valence-electron chi connectivity index (χ4n) is 3.32. The minimum atomic E-state index is 0. The van der Waals surface area contributed by atoms with Crippen molar-refractivity contribution in [2.45, 2.75) is 65.8 Å². The number of aromatic nitrogens is 2. The summed E-state index contributed by atoms with van der Waals surface area (Å²) < 4.78 is 1.94. The predicted molar refractivity (Wildman–Crippen MR) is 125 cm³/mol. The molecule has 1 aromatic heterocycles. The molecule has 1 fully saturated rings. The SMILES string of the molecule is CCNC(=NCCCNC(=O)C1CCC1)NC(C)Cc1c(C)nn(C)c1C.I. The van der Waals surface area contributed by atoms with Crippen LogP contribution in [0.25, 0.3) is 0 Å². The molecule has 1 atom stereocenters. The molecule has 3 N–H and O–H groups in total. The second-order valence-electron chi connectivity index (χ2n) is 7.56. The summed E-state index contributed by atoms with van der Waals surface area (Å²) in [5.41, 5.74) is 3.60. The minimum Gasteiger partial charge on any atom is -0.357 e.